The van der Waals surface area contributed by atoms with Crippen LogP contribution < -0.4 is 10.6 Å². The fourth-order valence-electron chi connectivity index (χ4n) is 4.38. The van der Waals surface area contributed by atoms with Gasteiger partial charge in [0.25, 0.3) is 0 Å². The van der Waals surface area contributed by atoms with Gasteiger partial charge in [-0.15, -0.1) is 0 Å². The minimum absolute atomic E-state index is 0.0287. The minimum atomic E-state index is 0.0287. The molecule has 0 radical (unpaired) electrons. The van der Waals surface area contributed by atoms with Crippen molar-refractivity contribution < 1.29 is 4.79 Å². The average molecular weight is 342 g/mol. The Bertz CT molecular complexity index is 566. The summed E-state index contributed by atoms with van der Waals surface area (Å²) in [7, 11) is 0. The largest absolute Gasteiger partial charge is 0.322 e. The fourth-order valence-corrected chi connectivity index (χ4v) is 4.38. The van der Waals surface area contributed by atoms with Crippen LogP contribution in [0.5, 0.6) is 0 Å². The molecular weight excluding hydrogens is 312 g/mol. The Kier molecular flexibility index (Phi) is 5.22. The Labute approximate surface area is 150 Å². The number of benzene rings is 1. The average Bonchev–Trinajstić information content (AvgIpc) is 3.49. The van der Waals surface area contributed by atoms with Gasteiger partial charge in [-0.3, -0.25) is 4.90 Å². The zero-order valence-electron chi connectivity index (χ0n) is 15.0. The molecule has 2 amide bonds. The van der Waals surface area contributed by atoms with Crippen LogP contribution in [0.2, 0.25) is 0 Å². The van der Waals surface area contributed by atoms with E-state index in [0.29, 0.717) is 0 Å². The van der Waals surface area contributed by atoms with Crippen LogP contribution >= 0.6 is 0 Å². The molecule has 2 N–H and O–H groups in total. The maximum atomic E-state index is 12.4. The summed E-state index contributed by atoms with van der Waals surface area (Å²) < 4.78 is 0. The Morgan fingerprint density at radius 3 is 2.56 bits per heavy atom. The zero-order valence-corrected chi connectivity index (χ0v) is 15.0. The monoisotopic (exact) mass is 342 g/mol. The van der Waals surface area contributed by atoms with Gasteiger partial charge in [-0.1, -0.05) is 18.2 Å². The van der Waals surface area contributed by atoms with E-state index in [9.17, 15) is 4.79 Å². The van der Waals surface area contributed by atoms with Crippen molar-refractivity contribution in [3.05, 3.63) is 30.3 Å². The second-order valence-corrected chi connectivity index (χ2v) is 7.80. The van der Waals surface area contributed by atoms with Crippen molar-refractivity contribution in [1.29, 1.82) is 0 Å². The summed E-state index contributed by atoms with van der Waals surface area (Å²) in [4.78, 5) is 16.9. The molecule has 0 spiro atoms. The number of anilines is 1. The van der Waals surface area contributed by atoms with Gasteiger partial charge in [-0.2, -0.15) is 0 Å². The van der Waals surface area contributed by atoms with Crippen LogP contribution in [0.1, 0.15) is 25.7 Å². The van der Waals surface area contributed by atoms with Crippen molar-refractivity contribution >= 4 is 11.7 Å². The van der Waals surface area contributed by atoms with E-state index in [-0.39, 0.29) is 6.03 Å². The number of carbonyl (C=O) groups excluding carboxylic acids is 1. The van der Waals surface area contributed by atoms with Crippen molar-refractivity contribution in [2.24, 2.45) is 11.8 Å². The van der Waals surface area contributed by atoms with Crippen LogP contribution in [-0.2, 0) is 0 Å². The molecule has 2 saturated heterocycles. The van der Waals surface area contributed by atoms with Crippen LogP contribution in [0.15, 0.2) is 30.3 Å². The van der Waals surface area contributed by atoms with Crippen LogP contribution in [-0.4, -0.2) is 61.1 Å². The van der Waals surface area contributed by atoms with E-state index in [1.807, 2.05) is 35.2 Å². The third kappa shape index (κ3) is 4.33. The van der Waals surface area contributed by atoms with Crippen LogP contribution in [0.4, 0.5) is 10.5 Å². The number of nitrogens with one attached hydrogen (secondary N) is 2. The molecule has 5 heteroatoms. The summed E-state index contributed by atoms with van der Waals surface area (Å²) in [5.74, 6) is 1.73. The first kappa shape index (κ1) is 16.9. The lowest BCUT2D eigenvalue weighted by Crippen LogP contribution is -2.53. The maximum absolute atomic E-state index is 12.4. The molecule has 0 bridgehead atoms. The number of piperidine rings is 1. The number of carbonyl (C=O) groups is 1. The molecule has 1 aromatic carbocycles. The topological polar surface area (TPSA) is 47.6 Å². The Hall–Kier alpha value is -1.59. The second-order valence-electron chi connectivity index (χ2n) is 7.80. The highest BCUT2D eigenvalue weighted by atomic mass is 16.2. The number of hydrogen-bond donors (Lipinski definition) is 2. The lowest BCUT2D eigenvalue weighted by atomic mass is 9.87. The molecule has 2 aliphatic heterocycles. The van der Waals surface area contributed by atoms with Gasteiger partial charge in [0, 0.05) is 44.5 Å². The molecule has 2 heterocycles. The smallest absolute Gasteiger partial charge is 0.321 e. The number of piperazine rings is 1. The van der Waals surface area contributed by atoms with E-state index in [1.54, 1.807) is 0 Å². The van der Waals surface area contributed by atoms with Gasteiger partial charge in [0.2, 0.25) is 0 Å². The summed E-state index contributed by atoms with van der Waals surface area (Å²) in [6.45, 7) is 6.04. The standard InChI is InChI=1S/C20H30N4O/c25-20(22-18-6-2-1-3-7-18)24-13-11-23(12-14-24)15-17-5-4-10-21-19(17)16-8-9-16/h1-3,6-7,16-17,19,21H,4-5,8-15H2,(H,22,25)/t17-,19?/m1/s1. The molecule has 136 valence electrons. The molecule has 4 rings (SSSR count). The van der Waals surface area contributed by atoms with Gasteiger partial charge in [-0.05, 0) is 56.2 Å². The molecule has 1 aliphatic carbocycles. The van der Waals surface area contributed by atoms with Crippen LogP contribution in [0, 0.1) is 11.8 Å². The molecular formula is C20H30N4O. The molecule has 3 aliphatic rings. The predicted octanol–water partition coefficient (Wildman–Crippen LogP) is 2.61. The van der Waals surface area contributed by atoms with Gasteiger partial charge < -0.3 is 15.5 Å². The molecule has 25 heavy (non-hydrogen) atoms. The van der Waals surface area contributed by atoms with Crippen molar-refractivity contribution in [1.82, 2.24) is 15.1 Å². The summed E-state index contributed by atoms with van der Waals surface area (Å²) >= 11 is 0. The molecule has 2 atom stereocenters. The summed E-state index contributed by atoms with van der Waals surface area (Å²) in [5, 5.41) is 6.77. The molecule has 5 nitrogen and oxygen atoms in total. The van der Waals surface area contributed by atoms with Crippen molar-refractivity contribution in [2.75, 3.05) is 44.6 Å². The Balaban J connectivity index is 1.24. The highest BCUT2D eigenvalue weighted by Gasteiger charge is 2.38. The highest BCUT2D eigenvalue weighted by Crippen LogP contribution is 2.38. The zero-order chi connectivity index (χ0) is 17.1. The Morgan fingerprint density at radius 1 is 1.08 bits per heavy atom. The number of para-hydroxylation sites is 1. The highest BCUT2D eigenvalue weighted by molar-refractivity contribution is 5.89. The molecule has 1 aromatic rings. The summed E-state index contributed by atoms with van der Waals surface area (Å²) in [6.07, 6.45) is 5.51. The minimum Gasteiger partial charge on any atom is -0.322 e. The molecule has 0 aromatic heterocycles. The molecule has 1 unspecified atom stereocenters. The maximum Gasteiger partial charge on any atom is 0.321 e. The van der Waals surface area contributed by atoms with Gasteiger partial charge >= 0.3 is 6.03 Å². The first-order valence-electron chi connectivity index (χ1n) is 9.86. The van der Waals surface area contributed by atoms with E-state index in [4.69, 9.17) is 0 Å². The first-order chi connectivity index (χ1) is 12.3. The van der Waals surface area contributed by atoms with Crippen molar-refractivity contribution in [2.45, 2.75) is 31.7 Å². The third-order valence-corrected chi connectivity index (χ3v) is 5.95. The van der Waals surface area contributed by atoms with Crippen molar-refractivity contribution in [3.63, 3.8) is 0 Å². The third-order valence-electron chi connectivity index (χ3n) is 5.95. The quantitative estimate of drug-likeness (QED) is 0.884. The van der Waals surface area contributed by atoms with Crippen LogP contribution in [0.3, 0.4) is 0 Å². The number of rotatable bonds is 4. The molecule has 1 saturated carbocycles. The predicted molar refractivity (Wildman–Crippen MR) is 101 cm³/mol. The van der Waals surface area contributed by atoms with E-state index >= 15 is 0 Å². The molecule has 3 fully saturated rings. The lowest BCUT2D eigenvalue weighted by Gasteiger charge is -2.40. The van der Waals surface area contributed by atoms with Crippen molar-refractivity contribution in [3.8, 4) is 0 Å². The lowest BCUT2D eigenvalue weighted by molar-refractivity contribution is 0.112. The van der Waals surface area contributed by atoms with Crippen LogP contribution in [0.25, 0.3) is 0 Å². The first-order valence-corrected chi connectivity index (χ1v) is 9.86. The number of urea groups is 1. The number of nitrogens with zero attached hydrogens (tertiary/aromatic N) is 2. The van der Waals surface area contributed by atoms with E-state index in [1.165, 1.54) is 38.8 Å². The second kappa shape index (κ2) is 7.75. The fraction of sp³-hybridized carbons (Fsp3) is 0.650. The Morgan fingerprint density at radius 2 is 1.84 bits per heavy atom. The SMILES string of the molecule is O=C(Nc1ccccc1)N1CCN(C[C@H]2CCCNC2C2CC2)CC1. The summed E-state index contributed by atoms with van der Waals surface area (Å²) in [6, 6.07) is 10.5. The van der Waals surface area contributed by atoms with E-state index < -0.39 is 0 Å². The summed E-state index contributed by atoms with van der Waals surface area (Å²) in [5.41, 5.74) is 0.871. The van der Waals surface area contributed by atoms with Gasteiger partial charge in [0.15, 0.2) is 0 Å². The van der Waals surface area contributed by atoms with Gasteiger partial charge in [0.1, 0.15) is 0 Å². The van der Waals surface area contributed by atoms with E-state index in [2.05, 4.69) is 15.5 Å². The number of amides is 2. The van der Waals surface area contributed by atoms with E-state index in [0.717, 1.165) is 49.7 Å². The number of hydrogen-bond acceptors (Lipinski definition) is 3. The normalized spacial score (nSPS) is 27.9. The van der Waals surface area contributed by atoms with Gasteiger partial charge in [0.05, 0.1) is 0 Å². The van der Waals surface area contributed by atoms with Gasteiger partial charge in [-0.25, -0.2) is 4.79 Å².